The van der Waals surface area contributed by atoms with Crippen molar-refractivity contribution in [1.29, 1.82) is 0 Å². The van der Waals surface area contributed by atoms with E-state index in [0.29, 0.717) is 19.3 Å². The van der Waals surface area contributed by atoms with Crippen molar-refractivity contribution in [2.24, 2.45) is 0 Å². The van der Waals surface area contributed by atoms with Crippen LogP contribution in [0.4, 0.5) is 0 Å². The second-order valence-corrected chi connectivity index (χ2v) is 9.80. The number of ether oxygens (including phenoxy) is 2. The Morgan fingerprint density at radius 3 is 1.92 bits per heavy atom. The Morgan fingerprint density at radius 2 is 1.52 bits per heavy atom. The van der Waals surface area contributed by atoms with Gasteiger partial charge in [0.05, 0.1) is 0 Å². The first kappa shape index (κ1) is 22.3. The third-order valence-corrected chi connectivity index (χ3v) is 9.42. The minimum absolute atomic E-state index is 0.119. The van der Waals surface area contributed by atoms with Crippen molar-refractivity contribution < 1.29 is 27.9 Å². The van der Waals surface area contributed by atoms with Crippen molar-refractivity contribution in [2.75, 3.05) is 19.8 Å². The normalized spacial score (nSPS) is 25.8. The summed E-state index contributed by atoms with van der Waals surface area (Å²) in [4.78, 5) is 20.5. The van der Waals surface area contributed by atoms with Gasteiger partial charge in [0.15, 0.2) is 0 Å². The smallest absolute Gasteiger partial charge is 0.371 e. The molecule has 2 aliphatic heterocycles. The van der Waals surface area contributed by atoms with E-state index in [-0.39, 0.29) is 17.2 Å². The maximum Gasteiger partial charge on any atom is 0.371 e. The molecule has 2 aliphatic rings. The summed E-state index contributed by atoms with van der Waals surface area (Å²) in [6, 6.07) is 1.09. The molecule has 1 atom stereocenters. The minimum Gasteiger partial charge on any atom is -0.393 e. The predicted octanol–water partition coefficient (Wildman–Crippen LogP) is 3.65. The van der Waals surface area contributed by atoms with E-state index in [9.17, 15) is 9.59 Å². The first-order valence-electron chi connectivity index (χ1n) is 9.64. The number of hydrogen-bond acceptors (Lipinski definition) is 6. The standard InChI is InChI=1S/C13H28O3Si.C5H6O3/c1-5-13(14-6-2)11-9-10-12-17(13,15-7-3)16-8-4;6-4-2-1-3-5(7)8-4/h5-12H2,1-4H3;1-3H2. The van der Waals surface area contributed by atoms with Crippen LogP contribution in [0.15, 0.2) is 0 Å². The SMILES string of the molecule is CCOC1(CC)CCCC[Si]1(OCC)OCC.O=C1CCCC(=O)O1. The van der Waals surface area contributed by atoms with Crippen LogP contribution in [-0.2, 0) is 27.9 Å². The first-order chi connectivity index (χ1) is 12.0. The highest BCUT2D eigenvalue weighted by Crippen LogP contribution is 2.42. The van der Waals surface area contributed by atoms with Gasteiger partial charge in [-0.3, -0.25) is 9.59 Å². The highest BCUT2D eigenvalue weighted by Gasteiger charge is 2.58. The molecule has 0 saturated carbocycles. The Morgan fingerprint density at radius 1 is 0.920 bits per heavy atom. The summed E-state index contributed by atoms with van der Waals surface area (Å²) in [5, 5.41) is -0.119. The molecule has 2 heterocycles. The molecule has 0 aromatic heterocycles. The Bertz CT molecular complexity index is 398. The van der Waals surface area contributed by atoms with Crippen LogP contribution in [0.1, 0.15) is 72.6 Å². The maximum absolute atomic E-state index is 10.2. The molecular formula is C18H34O6Si. The topological polar surface area (TPSA) is 71.1 Å². The lowest BCUT2D eigenvalue weighted by molar-refractivity contribution is -0.163. The molecule has 0 aromatic carbocycles. The van der Waals surface area contributed by atoms with E-state index in [1.807, 2.05) is 0 Å². The molecule has 0 N–H and O–H groups in total. The highest BCUT2D eigenvalue weighted by molar-refractivity contribution is 6.70. The zero-order chi connectivity index (χ0) is 18.8. The van der Waals surface area contributed by atoms with Gasteiger partial charge in [-0.15, -0.1) is 0 Å². The summed E-state index contributed by atoms with van der Waals surface area (Å²) in [5.41, 5.74) is 0. The molecule has 1 unspecified atom stereocenters. The maximum atomic E-state index is 10.2. The third kappa shape index (κ3) is 5.87. The average Bonchev–Trinajstić information content (AvgIpc) is 2.58. The highest BCUT2D eigenvalue weighted by atomic mass is 28.4. The summed E-state index contributed by atoms with van der Waals surface area (Å²) >= 11 is 0. The number of cyclic esters (lactones) is 2. The lowest BCUT2D eigenvalue weighted by Gasteiger charge is -2.49. The van der Waals surface area contributed by atoms with Gasteiger partial charge in [0.25, 0.3) is 0 Å². The molecular weight excluding hydrogens is 340 g/mol. The third-order valence-electron chi connectivity index (χ3n) is 4.77. The van der Waals surface area contributed by atoms with Crippen molar-refractivity contribution in [3.63, 3.8) is 0 Å². The van der Waals surface area contributed by atoms with Crippen LogP contribution < -0.4 is 0 Å². The Hall–Kier alpha value is -0.763. The van der Waals surface area contributed by atoms with Crippen molar-refractivity contribution in [1.82, 2.24) is 0 Å². The van der Waals surface area contributed by atoms with E-state index < -0.39 is 8.56 Å². The fourth-order valence-electron chi connectivity index (χ4n) is 3.71. The number of esters is 2. The van der Waals surface area contributed by atoms with Crippen molar-refractivity contribution in [2.45, 2.75) is 83.9 Å². The number of hydrogen-bond donors (Lipinski definition) is 0. The van der Waals surface area contributed by atoms with E-state index in [0.717, 1.165) is 38.7 Å². The van der Waals surface area contributed by atoms with E-state index in [2.05, 4.69) is 32.4 Å². The monoisotopic (exact) mass is 374 g/mol. The molecule has 2 rings (SSSR count). The average molecular weight is 375 g/mol. The van der Waals surface area contributed by atoms with Gasteiger partial charge < -0.3 is 18.3 Å². The molecule has 0 radical (unpaired) electrons. The summed E-state index contributed by atoms with van der Waals surface area (Å²) in [5.74, 6) is -0.775. The number of carbonyl (C=O) groups is 2. The van der Waals surface area contributed by atoms with Gasteiger partial charge in [-0.2, -0.15) is 0 Å². The largest absolute Gasteiger partial charge is 0.393 e. The zero-order valence-electron chi connectivity index (χ0n) is 16.2. The van der Waals surface area contributed by atoms with Gasteiger partial charge >= 0.3 is 20.5 Å². The quantitative estimate of drug-likeness (QED) is 0.385. The number of carbonyl (C=O) groups excluding carboxylic acids is 2. The van der Waals surface area contributed by atoms with Crippen LogP contribution in [0, 0.1) is 0 Å². The van der Waals surface area contributed by atoms with Crippen LogP contribution in [-0.4, -0.2) is 45.5 Å². The Balaban J connectivity index is 0.000000324. The summed E-state index contributed by atoms with van der Waals surface area (Å²) < 4.78 is 22.7. The zero-order valence-corrected chi connectivity index (χ0v) is 17.2. The second kappa shape index (κ2) is 11.1. The van der Waals surface area contributed by atoms with Gasteiger partial charge in [-0.05, 0) is 46.1 Å². The van der Waals surface area contributed by atoms with Gasteiger partial charge in [0.1, 0.15) is 5.22 Å². The summed E-state index contributed by atoms with van der Waals surface area (Å²) in [6.07, 6.45) is 6.01. The fourth-order valence-corrected chi connectivity index (χ4v) is 8.18. The lowest BCUT2D eigenvalue weighted by Crippen LogP contribution is -2.65. The van der Waals surface area contributed by atoms with E-state index in [4.69, 9.17) is 13.6 Å². The first-order valence-corrected chi connectivity index (χ1v) is 11.7. The molecule has 6 nitrogen and oxygen atoms in total. The van der Waals surface area contributed by atoms with Crippen LogP contribution in [0.2, 0.25) is 6.04 Å². The van der Waals surface area contributed by atoms with Crippen LogP contribution in [0.3, 0.4) is 0 Å². The van der Waals surface area contributed by atoms with Gasteiger partial charge in [-0.25, -0.2) is 0 Å². The van der Waals surface area contributed by atoms with E-state index in [1.165, 1.54) is 12.8 Å². The van der Waals surface area contributed by atoms with Gasteiger partial charge in [-0.1, -0.05) is 19.8 Å². The minimum atomic E-state index is -2.21. The lowest BCUT2D eigenvalue weighted by atomic mass is 10.1. The molecule has 0 bridgehead atoms. The second-order valence-electron chi connectivity index (χ2n) is 6.31. The van der Waals surface area contributed by atoms with Crippen molar-refractivity contribution in [3.05, 3.63) is 0 Å². The molecule has 0 amide bonds. The van der Waals surface area contributed by atoms with Gasteiger partial charge in [0, 0.05) is 32.7 Å². The Labute approximate surface area is 152 Å². The Kier molecular flexibility index (Phi) is 9.85. The summed E-state index contributed by atoms with van der Waals surface area (Å²) in [7, 11) is -2.21. The van der Waals surface area contributed by atoms with Crippen LogP contribution >= 0.6 is 0 Å². The van der Waals surface area contributed by atoms with Gasteiger partial charge in [0.2, 0.25) is 0 Å². The van der Waals surface area contributed by atoms with Crippen molar-refractivity contribution >= 4 is 20.5 Å². The van der Waals surface area contributed by atoms with Crippen LogP contribution in [0.5, 0.6) is 0 Å². The molecule has 0 spiro atoms. The molecule has 0 aromatic rings. The molecule has 2 saturated heterocycles. The summed E-state index contributed by atoms with van der Waals surface area (Å²) in [6.45, 7) is 10.6. The van der Waals surface area contributed by atoms with Crippen LogP contribution in [0.25, 0.3) is 0 Å². The molecule has 7 heteroatoms. The van der Waals surface area contributed by atoms with E-state index in [1.54, 1.807) is 0 Å². The molecule has 25 heavy (non-hydrogen) atoms. The molecule has 146 valence electrons. The number of rotatable bonds is 7. The molecule has 2 fully saturated rings. The van der Waals surface area contributed by atoms with E-state index >= 15 is 0 Å². The predicted molar refractivity (Wildman–Crippen MR) is 97.3 cm³/mol. The van der Waals surface area contributed by atoms with Crippen molar-refractivity contribution in [3.8, 4) is 0 Å². The fraction of sp³-hybridized carbons (Fsp3) is 0.889. The molecule has 0 aliphatic carbocycles.